The van der Waals surface area contributed by atoms with E-state index in [1.54, 1.807) is 18.7 Å². The molecule has 14 heavy (non-hydrogen) atoms. The summed E-state index contributed by atoms with van der Waals surface area (Å²) in [7, 11) is 0. The van der Waals surface area contributed by atoms with Crippen molar-refractivity contribution in [2.24, 2.45) is 0 Å². The molecule has 1 aromatic carbocycles. The molecule has 0 aliphatic rings. The predicted molar refractivity (Wildman–Crippen MR) is 52.5 cm³/mol. The Bertz CT molecular complexity index is 449. The second-order valence-corrected chi connectivity index (χ2v) is 3.29. The van der Waals surface area contributed by atoms with E-state index in [2.05, 4.69) is 10.2 Å². The van der Waals surface area contributed by atoms with Gasteiger partial charge in [-0.05, 0) is 37.1 Å². The summed E-state index contributed by atoms with van der Waals surface area (Å²) in [6, 6.07) is 3.65. The normalized spacial score (nSPS) is 10.4. The minimum Gasteiger partial charge on any atom is -0.508 e. The Kier molecular flexibility index (Phi) is 1.96. The fourth-order valence-corrected chi connectivity index (χ4v) is 1.39. The van der Waals surface area contributed by atoms with Crippen LogP contribution in [0.5, 0.6) is 5.75 Å². The Morgan fingerprint density at radius 2 is 1.71 bits per heavy atom. The van der Waals surface area contributed by atoms with E-state index in [4.69, 9.17) is 0 Å². The zero-order chi connectivity index (χ0) is 10.1. The van der Waals surface area contributed by atoms with Gasteiger partial charge in [-0.3, -0.25) is 4.57 Å². The highest BCUT2D eigenvalue weighted by Crippen LogP contribution is 2.23. The van der Waals surface area contributed by atoms with Crippen molar-refractivity contribution in [3.63, 3.8) is 0 Å². The van der Waals surface area contributed by atoms with Crippen molar-refractivity contribution in [3.8, 4) is 11.4 Å². The molecule has 72 valence electrons. The SMILES string of the molecule is Cc1cc(-n2cnnc2)c(C)cc1O. The van der Waals surface area contributed by atoms with E-state index >= 15 is 0 Å². The van der Waals surface area contributed by atoms with Gasteiger partial charge in [-0.15, -0.1) is 10.2 Å². The molecule has 0 bridgehead atoms. The van der Waals surface area contributed by atoms with Crippen LogP contribution >= 0.6 is 0 Å². The number of phenols is 1. The lowest BCUT2D eigenvalue weighted by Crippen LogP contribution is -1.94. The molecule has 1 heterocycles. The summed E-state index contributed by atoms with van der Waals surface area (Å²) in [4.78, 5) is 0. The van der Waals surface area contributed by atoms with Crippen molar-refractivity contribution < 1.29 is 5.11 Å². The first-order valence-corrected chi connectivity index (χ1v) is 4.33. The first kappa shape index (κ1) is 8.74. The summed E-state index contributed by atoms with van der Waals surface area (Å²) in [5.41, 5.74) is 2.83. The van der Waals surface area contributed by atoms with Gasteiger partial charge in [0.25, 0.3) is 0 Å². The third-order valence-electron chi connectivity index (χ3n) is 2.21. The van der Waals surface area contributed by atoms with Crippen LogP contribution in [-0.4, -0.2) is 19.9 Å². The van der Waals surface area contributed by atoms with Gasteiger partial charge in [0.2, 0.25) is 0 Å². The standard InChI is InChI=1S/C10H11N3O/c1-7-4-10(14)8(2)3-9(7)13-5-11-12-6-13/h3-6,14H,1-2H3. The summed E-state index contributed by atoms with van der Waals surface area (Å²) in [5.74, 6) is 0.319. The molecule has 0 saturated heterocycles. The average molecular weight is 189 g/mol. The van der Waals surface area contributed by atoms with Gasteiger partial charge in [0.15, 0.2) is 0 Å². The average Bonchev–Trinajstić information content (AvgIpc) is 2.64. The lowest BCUT2D eigenvalue weighted by atomic mass is 10.1. The fourth-order valence-electron chi connectivity index (χ4n) is 1.39. The zero-order valence-corrected chi connectivity index (χ0v) is 8.10. The molecule has 0 unspecified atom stereocenters. The molecule has 0 spiro atoms. The van der Waals surface area contributed by atoms with E-state index in [9.17, 15) is 5.11 Å². The van der Waals surface area contributed by atoms with Crippen molar-refractivity contribution in [2.45, 2.75) is 13.8 Å². The molecule has 2 aromatic rings. The summed E-state index contributed by atoms with van der Waals surface area (Å²) in [6.07, 6.45) is 3.28. The highest BCUT2D eigenvalue weighted by molar-refractivity contribution is 5.48. The van der Waals surface area contributed by atoms with Crippen LogP contribution in [0, 0.1) is 13.8 Å². The van der Waals surface area contributed by atoms with Crippen molar-refractivity contribution in [1.29, 1.82) is 0 Å². The molecule has 4 nitrogen and oxygen atoms in total. The van der Waals surface area contributed by atoms with Crippen LogP contribution < -0.4 is 0 Å². The van der Waals surface area contributed by atoms with E-state index < -0.39 is 0 Å². The molecule has 2 rings (SSSR count). The number of aromatic hydroxyl groups is 1. The van der Waals surface area contributed by atoms with Gasteiger partial charge in [-0.2, -0.15) is 0 Å². The highest BCUT2D eigenvalue weighted by atomic mass is 16.3. The molecule has 1 aromatic heterocycles. The van der Waals surface area contributed by atoms with E-state index in [0.29, 0.717) is 5.75 Å². The summed E-state index contributed by atoms with van der Waals surface area (Å²) < 4.78 is 1.82. The van der Waals surface area contributed by atoms with Crippen LogP contribution in [0.25, 0.3) is 5.69 Å². The van der Waals surface area contributed by atoms with Gasteiger partial charge >= 0.3 is 0 Å². The number of benzene rings is 1. The second kappa shape index (κ2) is 3.14. The molecule has 0 radical (unpaired) electrons. The first-order chi connectivity index (χ1) is 6.68. The van der Waals surface area contributed by atoms with Crippen molar-refractivity contribution in [3.05, 3.63) is 35.9 Å². The Labute approximate surface area is 81.8 Å². The van der Waals surface area contributed by atoms with Gasteiger partial charge in [-0.1, -0.05) is 0 Å². The van der Waals surface area contributed by atoms with E-state index in [-0.39, 0.29) is 0 Å². The van der Waals surface area contributed by atoms with E-state index in [1.165, 1.54) is 0 Å². The molecule has 1 N–H and O–H groups in total. The Morgan fingerprint density at radius 1 is 1.07 bits per heavy atom. The Morgan fingerprint density at radius 3 is 2.36 bits per heavy atom. The predicted octanol–water partition coefficient (Wildman–Crippen LogP) is 1.59. The van der Waals surface area contributed by atoms with Crippen LogP contribution in [-0.2, 0) is 0 Å². The molecule has 0 saturated carbocycles. The Balaban J connectivity index is 2.60. The molecule has 0 atom stereocenters. The summed E-state index contributed by atoms with van der Waals surface area (Å²) in [6.45, 7) is 3.80. The molecule has 0 aliphatic carbocycles. The van der Waals surface area contributed by atoms with Crippen molar-refractivity contribution in [2.75, 3.05) is 0 Å². The van der Waals surface area contributed by atoms with Crippen LogP contribution in [0.3, 0.4) is 0 Å². The maximum Gasteiger partial charge on any atom is 0.123 e. The Hall–Kier alpha value is -1.84. The zero-order valence-electron chi connectivity index (χ0n) is 8.10. The number of phenolic OH excluding ortho intramolecular Hbond substituents is 1. The quantitative estimate of drug-likeness (QED) is 0.741. The minimum absolute atomic E-state index is 0.319. The third kappa shape index (κ3) is 1.35. The topological polar surface area (TPSA) is 50.9 Å². The molecular formula is C10H11N3O. The largest absolute Gasteiger partial charge is 0.508 e. The summed E-state index contributed by atoms with van der Waals surface area (Å²) in [5, 5.41) is 17.0. The van der Waals surface area contributed by atoms with Gasteiger partial charge < -0.3 is 5.11 Å². The van der Waals surface area contributed by atoms with Gasteiger partial charge in [0.1, 0.15) is 18.4 Å². The van der Waals surface area contributed by atoms with Gasteiger partial charge in [-0.25, -0.2) is 0 Å². The lowest BCUT2D eigenvalue weighted by Gasteiger charge is -2.08. The molecular weight excluding hydrogens is 178 g/mol. The van der Waals surface area contributed by atoms with E-state index in [1.807, 2.05) is 24.5 Å². The van der Waals surface area contributed by atoms with Gasteiger partial charge in [0, 0.05) is 0 Å². The fraction of sp³-hybridized carbons (Fsp3) is 0.200. The number of hydrogen-bond donors (Lipinski definition) is 1. The van der Waals surface area contributed by atoms with E-state index in [0.717, 1.165) is 16.8 Å². The number of nitrogens with zero attached hydrogens (tertiary/aromatic N) is 3. The maximum atomic E-state index is 9.48. The highest BCUT2D eigenvalue weighted by Gasteiger charge is 2.04. The number of aryl methyl sites for hydroxylation is 2. The van der Waals surface area contributed by atoms with Crippen molar-refractivity contribution >= 4 is 0 Å². The molecule has 0 aliphatic heterocycles. The monoisotopic (exact) mass is 189 g/mol. The third-order valence-corrected chi connectivity index (χ3v) is 2.21. The minimum atomic E-state index is 0.319. The molecule has 4 heteroatoms. The summed E-state index contributed by atoms with van der Waals surface area (Å²) >= 11 is 0. The first-order valence-electron chi connectivity index (χ1n) is 4.33. The van der Waals surface area contributed by atoms with Crippen molar-refractivity contribution in [1.82, 2.24) is 14.8 Å². The molecule has 0 amide bonds. The van der Waals surface area contributed by atoms with Crippen LogP contribution in [0.2, 0.25) is 0 Å². The van der Waals surface area contributed by atoms with Crippen LogP contribution in [0.15, 0.2) is 24.8 Å². The smallest absolute Gasteiger partial charge is 0.123 e. The lowest BCUT2D eigenvalue weighted by molar-refractivity contribution is 0.470. The molecule has 0 fully saturated rings. The van der Waals surface area contributed by atoms with Gasteiger partial charge in [0.05, 0.1) is 5.69 Å². The van der Waals surface area contributed by atoms with Crippen LogP contribution in [0.4, 0.5) is 0 Å². The maximum absolute atomic E-state index is 9.48. The second-order valence-electron chi connectivity index (χ2n) is 3.29. The van der Waals surface area contributed by atoms with Crippen LogP contribution in [0.1, 0.15) is 11.1 Å². The number of aromatic nitrogens is 3. The number of hydrogen-bond acceptors (Lipinski definition) is 3. The number of rotatable bonds is 1.